The average Bonchev–Trinajstić information content (AvgIpc) is 2.46. The Bertz CT molecular complexity index is 482. The fraction of sp³-hybridized carbons (Fsp3) is 0.429. The predicted molar refractivity (Wildman–Crippen MR) is 75.4 cm³/mol. The molecule has 2 N–H and O–H groups in total. The van der Waals surface area contributed by atoms with Gasteiger partial charge in [0.25, 0.3) is 5.91 Å². The van der Waals surface area contributed by atoms with E-state index in [4.69, 9.17) is 22.1 Å². The number of carbonyl (C=O) groups excluding carboxylic acids is 2. The second kappa shape index (κ2) is 6.61. The molecule has 1 fully saturated rings. The summed E-state index contributed by atoms with van der Waals surface area (Å²) in [5.41, 5.74) is 5.26. The van der Waals surface area contributed by atoms with Gasteiger partial charge in [-0.2, -0.15) is 0 Å². The summed E-state index contributed by atoms with van der Waals surface area (Å²) in [5.74, 6) is 0.128. The third-order valence-electron chi connectivity index (χ3n) is 3.43. The Morgan fingerprint density at radius 2 is 1.85 bits per heavy atom. The van der Waals surface area contributed by atoms with Crippen molar-refractivity contribution in [1.29, 1.82) is 0 Å². The number of halogens is 1. The van der Waals surface area contributed by atoms with Crippen molar-refractivity contribution >= 4 is 23.4 Å². The molecule has 0 aliphatic carbocycles. The molecule has 0 atom stereocenters. The van der Waals surface area contributed by atoms with Gasteiger partial charge >= 0.3 is 0 Å². The minimum atomic E-state index is -0.283. The number of piperidine rings is 1. The highest BCUT2D eigenvalue weighted by Gasteiger charge is 2.25. The van der Waals surface area contributed by atoms with Crippen molar-refractivity contribution in [2.75, 3.05) is 19.7 Å². The lowest BCUT2D eigenvalue weighted by molar-refractivity contribution is -0.136. The summed E-state index contributed by atoms with van der Waals surface area (Å²) >= 11 is 5.77. The molecule has 1 heterocycles. The topological polar surface area (TPSA) is 72.6 Å². The summed E-state index contributed by atoms with van der Waals surface area (Å²) in [7, 11) is 0. The first-order valence-electron chi connectivity index (χ1n) is 6.51. The van der Waals surface area contributed by atoms with Gasteiger partial charge in [0.1, 0.15) is 5.75 Å². The van der Waals surface area contributed by atoms with E-state index in [2.05, 4.69) is 0 Å². The van der Waals surface area contributed by atoms with Gasteiger partial charge in [0, 0.05) is 24.0 Å². The van der Waals surface area contributed by atoms with Crippen LogP contribution in [0.4, 0.5) is 0 Å². The molecule has 2 rings (SSSR count). The van der Waals surface area contributed by atoms with Gasteiger partial charge in [-0.05, 0) is 37.1 Å². The number of primary amides is 1. The van der Waals surface area contributed by atoms with Crippen LogP contribution in [0.1, 0.15) is 12.8 Å². The molecular weight excluding hydrogens is 280 g/mol. The third kappa shape index (κ3) is 3.87. The van der Waals surface area contributed by atoms with E-state index in [0.29, 0.717) is 36.7 Å². The average molecular weight is 297 g/mol. The Morgan fingerprint density at radius 1 is 1.25 bits per heavy atom. The van der Waals surface area contributed by atoms with E-state index >= 15 is 0 Å². The van der Waals surface area contributed by atoms with Crippen LogP contribution in [0.25, 0.3) is 0 Å². The predicted octanol–water partition coefficient (Wildman–Crippen LogP) is 1.44. The lowest BCUT2D eigenvalue weighted by atomic mass is 9.96. The first-order valence-corrected chi connectivity index (χ1v) is 6.89. The van der Waals surface area contributed by atoms with Crippen molar-refractivity contribution in [3.05, 3.63) is 29.3 Å². The standard InChI is InChI=1S/C14H17ClN2O3/c15-11-1-3-12(4-2-11)20-9-13(18)17-7-5-10(6-8-17)14(16)19/h1-4,10H,5-9H2,(H2,16,19). The summed E-state index contributed by atoms with van der Waals surface area (Å²) in [4.78, 5) is 24.7. The highest BCUT2D eigenvalue weighted by Crippen LogP contribution is 2.18. The number of benzene rings is 1. The second-order valence-electron chi connectivity index (χ2n) is 4.80. The van der Waals surface area contributed by atoms with Crippen molar-refractivity contribution in [3.8, 4) is 5.75 Å². The maximum Gasteiger partial charge on any atom is 0.260 e. The summed E-state index contributed by atoms with van der Waals surface area (Å²) in [5, 5.41) is 0.622. The van der Waals surface area contributed by atoms with Crippen LogP contribution >= 0.6 is 11.6 Å². The lowest BCUT2D eigenvalue weighted by Gasteiger charge is -2.30. The SMILES string of the molecule is NC(=O)C1CCN(C(=O)COc2ccc(Cl)cc2)CC1. The lowest BCUT2D eigenvalue weighted by Crippen LogP contribution is -2.43. The Kier molecular flexibility index (Phi) is 4.84. The largest absolute Gasteiger partial charge is 0.484 e. The molecule has 2 amide bonds. The summed E-state index contributed by atoms with van der Waals surface area (Å²) in [6, 6.07) is 6.85. The molecule has 108 valence electrons. The summed E-state index contributed by atoms with van der Waals surface area (Å²) in [6.07, 6.45) is 1.25. The van der Waals surface area contributed by atoms with Crippen molar-refractivity contribution < 1.29 is 14.3 Å². The quantitative estimate of drug-likeness (QED) is 0.914. The number of likely N-dealkylation sites (tertiary alicyclic amines) is 1. The molecule has 1 aliphatic rings. The van der Waals surface area contributed by atoms with Crippen LogP contribution in [0.3, 0.4) is 0 Å². The second-order valence-corrected chi connectivity index (χ2v) is 5.24. The number of hydrogen-bond donors (Lipinski definition) is 1. The number of hydrogen-bond acceptors (Lipinski definition) is 3. The van der Waals surface area contributed by atoms with Gasteiger partial charge in [-0.1, -0.05) is 11.6 Å². The molecule has 1 aromatic rings. The van der Waals surface area contributed by atoms with Crippen LogP contribution in [-0.4, -0.2) is 36.4 Å². The first kappa shape index (κ1) is 14.7. The van der Waals surface area contributed by atoms with E-state index in [1.807, 2.05) is 0 Å². The Balaban J connectivity index is 1.78. The zero-order valence-corrected chi connectivity index (χ0v) is 11.8. The first-order chi connectivity index (χ1) is 9.56. The van der Waals surface area contributed by atoms with Gasteiger partial charge in [-0.3, -0.25) is 9.59 Å². The van der Waals surface area contributed by atoms with Crippen LogP contribution in [0.2, 0.25) is 5.02 Å². The van der Waals surface area contributed by atoms with Gasteiger partial charge in [0.2, 0.25) is 5.91 Å². The van der Waals surface area contributed by atoms with Crippen molar-refractivity contribution in [2.24, 2.45) is 11.7 Å². The van der Waals surface area contributed by atoms with Crippen molar-refractivity contribution in [2.45, 2.75) is 12.8 Å². The smallest absolute Gasteiger partial charge is 0.260 e. The highest BCUT2D eigenvalue weighted by molar-refractivity contribution is 6.30. The number of amides is 2. The fourth-order valence-electron chi connectivity index (χ4n) is 2.18. The molecule has 0 aromatic heterocycles. The molecule has 0 saturated carbocycles. The zero-order chi connectivity index (χ0) is 14.5. The third-order valence-corrected chi connectivity index (χ3v) is 3.68. The van der Waals surface area contributed by atoms with Gasteiger partial charge < -0.3 is 15.4 Å². The number of carbonyl (C=O) groups is 2. The van der Waals surface area contributed by atoms with Gasteiger partial charge in [0.15, 0.2) is 6.61 Å². The van der Waals surface area contributed by atoms with Crippen molar-refractivity contribution in [1.82, 2.24) is 4.90 Å². The van der Waals surface area contributed by atoms with Crippen LogP contribution in [0.5, 0.6) is 5.75 Å². The van der Waals surface area contributed by atoms with E-state index in [1.165, 1.54) is 0 Å². The van der Waals surface area contributed by atoms with Crippen LogP contribution < -0.4 is 10.5 Å². The van der Waals surface area contributed by atoms with E-state index in [0.717, 1.165) is 0 Å². The van der Waals surface area contributed by atoms with Gasteiger partial charge in [-0.15, -0.1) is 0 Å². The molecule has 0 unspecified atom stereocenters. The van der Waals surface area contributed by atoms with E-state index in [9.17, 15) is 9.59 Å². The Hall–Kier alpha value is -1.75. The number of rotatable bonds is 4. The normalized spacial score (nSPS) is 15.9. The molecule has 1 saturated heterocycles. The van der Waals surface area contributed by atoms with Gasteiger partial charge in [0.05, 0.1) is 0 Å². The zero-order valence-electron chi connectivity index (χ0n) is 11.0. The van der Waals surface area contributed by atoms with Crippen LogP contribution in [0, 0.1) is 5.92 Å². The number of nitrogens with zero attached hydrogens (tertiary/aromatic N) is 1. The molecule has 0 spiro atoms. The molecular formula is C14H17ClN2O3. The molecule has 1 aliphatic heterocycles. The van der Waals surface area contributed by atoms with Crippen molar-refractivity contribution in [3.63, 3.8) is 0 Å². The number of nitrogens with two attached hydrogens (primary N) is 1. The van der Waals surface area contributed by atoms with E-state index in [-0.39, 0.29) is 24.3 Å². The monoisotopic (exact) mass is 296 g/mol. The van der Waals surface area contributed by atoms with E-state index in [1.54, 1.807) is 29.2 Å². The minimum Gasteiger partial charge on any atom is -0.484 e. The highest BCUT2D eigenvalue weighted by atomic mass is 35.5. The number of ether oxygens (including phenoxy) is 1. The molecule has 5 nitrogen and oxygen atoms in total. The van der Waals surface area contributed by atoms with Crippen LogP contribution in [-0.2, 0) is 9.59 Å². The van der Waals surface area contributed by atoms with E-state index < -0.39 is 0 Å². The molecule has 6 heteroatoms. The Morgan fingerprint density at radius 3 is 2.40 bits per heavy atom. The van der Waals surface area contributed by atoms with Gasteiger partial charge in [-0.25, -0.2) is 0 Å². The molecule has 1 aromatic carbocycles. The molecule has 20 heavy (non-hydrogen) atoms. The maximum absolute atomic E-state index is 12.0. The Labute approximate surface area is 122 Å². The molecule has 0 bridgehead atoms. The summed E-state index contributed by atoms with van der Waals surface area (Å²) < 4.78 is 5.41. The minimum absolute atomic E-state index is 0.0110. The fourth-order valence-corrected chi connectivity index (χ4v) is 2.31. The molecule has 0 radical (unpaired) electrons. The summed E-state index contributed by atoms with van der Waals surface area (Å²) in [6.45, 7) is 1.09. The maximum atomic E-state index is 12.0. The van der Waals surface area contributed by atoms with Crippen LogP contribution in [0.15, 0.2) is 24.3 Å².